The summed E-state index contributed by atoms with van der Waals surface area (Å²) in [5.41, 5.74) is 2.04. The minimum Gasteiger partial charge on any atom is -0.497 e. The van der Waals surface area contributed by atoms with Crippen LogP contribution < -0.4 is 14.8 Å². The maximum atomic E-state index is 12.9. The van der Waals surface area contributed by atoms with Crippen molar-refractivity contribution in [1.29, 1.82) is 0 Å². The number of ether oxygens (including phenoxy) is 3. The van der Waals surface area contributed by atoms with E-state index in [1.807, 2.05) is 53.4 Å². The van der Waals surface area contributed by atoms with Crippen molar-refractivity contribution >= 4 is 6.03 Å². The summed E-state index contributed by atoms with van der Waals surface area (Å²) >= 11 is 0. The van der Waals surface area contributed by atoms with E-state index in [0.717, 1.165) is 35.5 Å². The zero-order valence-electron chi connectivity index (χ0n) is 16.7. The van der Waals surface area contributed by atoms with E-state index in [-0.39, 0.29) is 18.2 Å². The minimum atomic E-state index is -0.179. The van der Waals surface area contributed by atoms with E-state index in [9.17, 15) is 4.79 Å². The molecular weight excluding hydrogens is 356 g/mol. The monoisotopic (exact) mass is 384 g/mol. The number of nitrogens with one attached hydrogen (secondary N) is 1. The van der Waals surface area contributed by atoms with Gasteiger partial charge in [-0.2, -0.15) is 0 Å². The number of urea groups is 1. The van der Waals surface area contributed by atoms with Crippen LogP contribution in [0.4, 0.5) is 4.79 Å². The third kappa shape index (κ3) is 4.39. The summed E-state index contributed by atoms with van der Waals surface area (Å²) in [5, 5.41) is 3.03. The average molecular weight is 384 g/mol. The van der Waals surface area contributed by atoms with Gasteiger partial charge >= 0.3 is 6.03 Å². The molecule has 2 atom stereocenters. The number of likely N-dealkylation sites (tertiary alicyclic amines) is 1. The quantitative estimate of drug-likeness (QED) is 0.786. The summed E-state index contributed by atoms with van der Waals surface area (Å²) < 4.78 is 16.4. The molecule has 0 spiro atoms. The SMILES string of the molecule is COc1ccc(C2CCCN2C(=O)NCC(OC)c2ccccc2)c(OC)c1. The summed E-state index contributed by atoms with van der Waals surface area (Å²) in [6.45, 7) is 1.14. The molecule has 0 radical (unpaired) electrons. The predicted octanol–water partition coefficient (Wildman–Crippen LogP) is 3.94. The fraction of sp³-hybridized carbons (Fsp3) is 0.409. The Balaban J connectivity index is 1.69. The van der Waals surface area contributed by atoms with Crippen molar-refractivity contribution in [3.05, 3.63) is 59.7 Å². The van der Waals surface area contributed by atoms with Crippen LogP contribution in [0.1, 0.15) is 36.1 Å². The van der Waals surface area contributed by atoms with Gasteiger partial charge in [0.1, 0.15) is 11.5 Å². The Morgan fingerprint density at radius 3 is 2.61 bits per heavy atom. The van der Waals surface area contributed by atoms with Gasteiger partial charge in [-0.1, -0.05) is 30.3 Å². The van der Waals surface area contributed by atoms with Crippen LogP contribution in [0.2, 0.25) is 0 Å². The van der Waals surface area contributed by atoms with Gasteiger partial charge in [0.2, 0.25) is 0 Å². The number of benzene rings is 2. The normalized spacial score (nSPS) is 17.2. The van der Waals surface area contributed by atoms with E-state index in [1.54, 1.807) is 21.3 Å². The molecule has 3 rings (SSSR count). The molecule has 2 amide bonds. The van der Waals surface area contributed by atoms with E-state index in [0.29, 0.717) is 13.1 Å². The zero-order chi connectivity index (χ0) is 19.9. The lowest BCUT2D eigenvalue weighted by Crippen LogP contribution is -2.41. The van der Waals surface area contributed by atoms with Gasteiger partial charge in [0, 0.05) is 31.8 Å². The van der Waals surface area contributed by atoms with Crippen LogP contribution in [0.15, 0.2) is 48.5 Å². The van der Waals surface area contributed by atoms with Crippen molar-refractivity contribution in [1.82, 2.24) is 10.2 Å². The van der Waals surface area contributed by atoms with Gasteiger partial charge in [0.05, 0.1) is 26.4 Å². The molecule has 0 bridgehead atoms. The summed E-state index contributed by atoms with van der Waals surface area (Å²) in [4.78, 5) is 14.8. The Morgan fingerprint density at radius 1 is 1.14 bits per heavy atom. The molecule has 0 aromatic heterocycles. The van der Waals surface area contributed by atoms with Crippen LogP contribution in [0.5, 0.6) is 11.5 Å². The number of carbonyl (C=O) groups is 1. The van der Waals surface area contributed by atoms with Gasteiger partial charge in [-0.05, 0) is 30.5 Å². The molecule has 6 heteroatoms. The maximum absolute atomic E-state index is 12.9. The summed E-state index contributed by atoms with van der Waals surface area (Å²) in [5.74, 6) is 1.48. The van der Waals surface area contributed by atoms with Crippen LogP contribution in [0, 0.1) is 0 Å². The standard InChI is InChI=1S/C22H28N2O4/c1-26-17-11-12-18(20(14-17)27-2)19-10-7-13-24(19)22(25)23-15-21(28-3)16-8-5-4-6-9-16/h4-6,8-9,11-12,14,19,21H,7,10,13,15H2,1-3H3,(H,23,25). The summed E-state index contributed by atoms with van der Waals surface area (Å²) in [6, 6.07) is 15.6. The lowest BCUT2D eigenvalue weighted by Gasteiger charge is -2.27. The zero-order valence-corrected chi connectivity index (χ0v) is 16.7. The Labute approximate surface area is 166 Å². The number of rotatable bonds is 7. The molecule has 1 N–H and O–H groups in total. The molecule has 0 aliphatic carbocycles. The van der Waals surface area contributed by atoms with Gasteiger partial charge in [-0.3, -0.25) is 0 Å². The van der Waals surface area contributed by atoms with E-state index in [2.05, 4.69) is 5.32 Å². The molecule has 1 saturated heterocycles. The largest absolute Gasteiger partial charge is 0.497 e. The first-order valence-electron chi connectivity index (χ1n) is 9.52. The molecule has 1 aliphatic heterocycles. The molecule has 6 nitrogen and oxygen atoms in total. The number of amides is 2. The van der Waals surface area contributed by atoms with E-state index >= 15 is 0 Å². The Hall–Kier alpha value is -2.73. The third-order valence-corrected chi connectivity index (χ3v) is 5.21. The molecule has 2 aromatic carbocycles. The van der Waals surface area contributed by atoms with Crippen LogP contribution >= 0.6 is 0 Å². The molecule has 2 unspecified atom stereocenters. The lowest BCUT2D eigenvalue weighted by molar-refractivity contribution is 0.101. The van der Waals surface area contributed by atoms with E-state index in [1.165, 1.54) is 0 Å². The number of methoxy groups -OCH3 is 3. The van der Waals surface area contributed by atoms with Gasteiger partial charge in [0.25, 0.3) is 0 Å². The van der Waals surface area contributed by atoms with Crippen LogP contribution in [0.25, 0.3) is 0 Å². The second-order valence-corrected chi connectivity index (χ2v) is 6.78. The van der Waals surface area contributed by atoms with Crippen LogP contribution in [-0.4, -0.2) is 45.3 Å². The van der Waals surface area contributed by atoms with Crippen molar-refractivity contribution in [3.8, 4) is 11.5 Å². The third-order valence-electron chi connectivity index (χ3n) is 5.21. The first-order valence-corrected chi connectivity index (χ1v) is 9.52. The van der Waals surface area contributed by atoms with Gasteiger partial charge < -0.3 is 24.4 Å². The van der Waals surface area contributed by atoms with Crippen molar-refractivity contribution in [3.63, 3.8) is 0 Å². The number of carbonyl (C=O) groups excluding carboxylic acids is 1. The summed E-state index contributed by atoms with van der Waals surface area (Å²) in [6.07, 6.45) is 1.68. The molecule has 1 fully saturated rings. The van der Waals surface area contributed by atoms with Crippen molar-refractivity contribution < 1.29 is 19.0 Å². The fourth-order valence-electron chi connectivity index (χ4n) is 3.71. The molecule has 1 aliphatic rings. The summed E-state index contributed by atoms with van der Waals surface area (Å²) in [7, 11) is 4.92. The Kier molecular flexibility index (Phi) is 6.76. The van der Waals surface area contributed by atoms with Crippen LogP contribution in [-0.2, 0) is 4.74 Å². The smallest absolute Gasteiger partial charge is 0.318 e. The molecule has 150 valence electrons. The maximum Gasteiger partial charge on any atom is 0.318 e. The number of hydrogen-bond acceptors (Lipinski definition) is 4. The highest BCUT2D eigenvalue weighted by atomic mass is 16.5. The highest BCUT2D eigenvalue weighted by Gasteiger charge is 2.32. The lowest BCUT2D eigenvalue weighted by atomic mass is 10.0. The molecule has 1 heterocycles. The van der Waals surface area contributed by atoms with E-state index in [4.69, 9.17) is 14.2 Å². The van der Waals surface area contributed by atoms with Crippen molar-refractivity contribution in [2.45, 2.75) is 25.0 Å². The topological polar surface area (TPSA) is 60.0 Å². The highest BCUT2D eigenvalue weighted by Crippen LogP contribution is 2.38. The number of nitrogens with zero attached hydrogens (tertiary/aromatic N) is 1. The average Bonchev–Trinajstić information content (AvgIpc) is 3.24. The minimum absolute atomic E-state index is 0.0152. The first-order chi connectivity index (χ1) is 13.7. The molecule has 0 saturated carbocycles. The second kappa shape index (κ2) is 9.46. The van der Waals surface area contributed by atoms with Gasteiger partial charge in [-0.25, -0.2) is 4.79 Å². The fourth-order valence-corrected chi connectivity index (χ4v) is 3.71. The second-order valence-electron chi connectivity index (χ2n) is 6.78. The highest BCUT2D eigenvalue weighted by molar-refractivity contribution is 5.75. The van der Waals surface area contributed by atoms with E-state index < -0.39 is 0 Å². The molecule has 28 heavy (non-hydrogen) atoms. The predicted molar refractivity (Wildman–Crippen MR) is 108 cm³/mol. The number of hydrogen-bond donors (Lipinski definition) is 1. The Bertz CT molecular complexity index is 781. The first kappa shape index (κ1) is 20.0. The van der Waals surface area contributed by atoms with Crippen molar-refractivity contribution in [2.75, 3.05) is 34.4 Å². The van der Waals surface area contributed by atoms with Crippen molar-refractivity contribution in [2.24, 2.45) is 0 Å². The molecular formula is C22H28N2O4. The molecule has 2 aromatic rings. The van der Waals surface area contributed by atoms with Gasteiger partial charge in [0.15, 0.2) is 0 Å². The van der Waals surface area contributed by atoms with Crippen LogP contribution in [0.3, 0.4) is 0 Å². The Morgan fingerprint density at radius 2 is 1.93 bits per heavy atom. The van der Waals surface area contributed by atoms with Gasteiger partial charge in [-0.15, -0.1) is 0 Å².